The van der Waals surface area contributed by atoms with Crippen LogP contribution in [0.25, 0.3) is 143 Å². The molecule has 14 aromatic carbocycles. The second-order valence-electron chi connectivity index (χ2n) is 28.1. The normalized spacial score (nSPS) is 17.0. The average Bonchev–Trinajstić information content (AvgIpc) is 1.42. The van der Waals surface area contributed by atoms with Crippen LogP contribution in [0, 0.1) is 11.8 Å². The third kappa shape index (κ3) is 8.61. The number of allylic oxidation sites excluding steroid dienone is 16. The van der Waals surface area contributed by atoms with E-state index in [1.165, 1.54) is 187 Å². The van der Waals surface area contributed by atoms with E-state index in [4.69, 9.17) is 0 Å². The Hall–Kier alpha value is -11.4. The van der Waals surface area contributed by atoms with E-state index >= 15 is 0 Å². The van der Waals surface area contributed by atoms with Crippen molar-refractivity contribution in [1.82, 2.24) is 0 Å². The van der Waals surface area contributed by atoms with Gasteiger partial charge in [-0.25, -0.2) is 0 Å². The zero-order valence-electron chi connectivity index (χ0n) is 54.3. The van der Waals surface area contributed by atoms with Crippen molar-refractivity contribution in [1.29, 1.82) is 0 Å². The highest BCUT2D eigenvalue weighted by Crippen LogP contribution is 2.56. The lowest BCUT2D eigenvalue weighted by molar-refractivity contribution is 0.661. The lowest BCUT2D eigenvalue weighted by Gasteiger charge is -2.23. The van der Waals surface area contributed by atoms with Crippen LogP contribution in [-0.2, 0) is 10.8 Å². The number of fused-ring (bicyclic) bond motifs is 16. The van der Waals surface area contributed by atoms with Crippen LogP contribution in [0.15, 0.2) is 339 Å². The van der Waals surface area contributed by atoms with Gasteiger partial charge in [0, 0.05) is 22.7 Å². The summed E-state index contributed by atoms with van der Waals surface area (Å²) in [7, 11) is 0. The van der Waals surface area contributed by atoms with E-state index in [9.17, 15) is 0 Å². The van der Waals surface area contributed by atoms with E-state index in [0.29, 0.717) is 11.8 Å². The molecule has 0 bridgehead atoms. The first-order chi connectivity index (χ1) is 47.1. The zero-order valence-corrected chi connectivity index (χ0v) is 54.3. The van der Waals surface area contributed by atoms with Crippen molar-refractivity contribution in [3.63, 3.8) is 0 Å². The third-order valence-corrected chi connectivity index (χ3v) is 22.1. The Morgan fingerprint density at radius 3 is 1.07 bits per heavy atom. The lowest BCUT2D eigenvalue weighted by atomic mass is 9.80. The van der Waals surface area contributed by atoms with Gasteiger partial charge >= 0.3 is 0 Å². The Morgan fingerprint density at radius 1 is 0.260 bits per heavy atom. The highest BCUT2D eigenvalue weighted by molar-refractivity contribution is 6.23. The van der Waals surface area contributed by atoms with Gasteiger partial charge in [0.1, 0.15) is 0 Å². The summed E-state index contributed by atoms with van der Waals surface area (Å²) in [5.74, 6) is 0.783. The van der Waals surface area contributed by atoms with Crippen LogP contribution in [-0.4, -0.2) is 0 Å². The summed E-state index contributed by atoms with van der Waals surface area (Å²) in [6.07, 6.45) is 27.0. The molecule has 20 rings (SSSR count). The fourth-order valence-electron chi connectivity index (χ4n) is 17.5. The maximum Gasteiger partial charge on any atom is 0.0211 e. The second-order valence-corrected chi connectivity index (χ2v) is 28.1. The van der Waals surface area contributed by atoms with Crippen molar-refractivity contribution in [2.24, 2.45) is 11.8 Å². The summed E-state index contributed by atoms with van der Waals surface area (Å²) >= 11 is 0. The molecule has 0 spiro atoms. The van der Waals surface area contributed by atoms with Crippen molar-refractivity contribution in [3.8, 4) is 66.8 Å². The van der Waals surface area contributed by atoms with Gasteiger partial charge < -0.3 is 0 Å². The van der Waals surface area contributed by atoms with Crippen molar-refractivity contribution in [2.45, 2.75) is 38.5 Å². The molecule has 0 aliphatic heterocycles. The van der Waals surface area contributed by atoms with E-state index in [1.54, 1.807) is 0 Å². The fraction of sp³-hybridized carbons (Fsp3) is 0.0833. The Kier molecular flexibility index (Phi) is 12.6. The number of benzene rings is 14. The molecule has 0 aromatic heterocycles. The van der Waals surface area contributed by atoms with Crippen LogP contribution in [0.3, 0.4) is 0 Å². The van der Waals surface area contributed by atoms with Crippen LogP contribution in [0.5, 0.6) is 0 Å². The van der Waals surface area contributed by atoms with Crippen LogP contribution < -0.4 is 0 Å². The fourth-order valence-corrected chi connectivity index (χ4v) is 17.5. The predicted molar refractivity (Wildman–Crippen MR) is 410 cm³/mol. The molecule has 452 valence electrons. The predicted octanol–water partition coefficient (Wildman–Crippen LogP) is 25.7. The van der Waals surface area contributed by atoms with E-state index in [0.717, 1.165) is 0 Å². The summed E-state index contributed by atoms with van der Waals surface area (Å²) in [5.41, 5.74) is 29.1. The minimum absolute atomic E-state index is 0.0518. The van der Waals surface area contributed by atoms with Gasteiger partial charge in [0.05, 0.1) is 0 Å². The first kappa shape index (κ1) is 56.1. The third-order valence-electron chi connectivity index (χ3n) is 22.1. The smallest absolute Gasteiger partial charge is 0.0211 e. The van der Waals surface area contributed by atoms with E-state index < -0.39 is 0 Å². The van der Waals surface area contributed by atoms with Gasteiger partial charge in [0.25, 0.3) is 0 Å². The van der Waals surface area contributed by atoms with Crippen molar-refractivity contribution < 1.29 is 0 Å². The van der Waals surface area contributed by atoms with Crippen LogP contribution in [0.2, 0.25) is 0 Å². The van der Waals surface area contributed by atoms with Crippen LogP contribution >= 0.6 is 0 Å². The molecule has 0 amide bonds. The molecule has 0 fully saturated rings. The van der Waals surface area contributed by atoms with E-state index in [-0.39, 0.29) is 10.8 Å². The molecule has 2 atom stereocenters. The largest absolute Gasteiger partial charge is 0.0732 e. The minimum Gasteiger partial charge on any atom is -0.0732 e. The minimum atomic E-state index is -0.0688. The summed E-state index contributed by atoms with van der Waals surface area (Å²) in [6.45, 7) is 9.52. The van der Waals surface area contributed by atoms with Gasteiger partial charge in [-0.1, -0.05) is 343 Å². The van der Waals surface area contributed by atoms with Gasteiger partial charge in [-0.15, -0.1) is 0 Å². The van der Waals surface area contributed by atoms with E-state index in [2.05, 4.69) is 355 Å². The standard InChI is InChI=1S/2C48H34/c1-48(2)43-25-24-35(29-42(43)47-37-14-6-5-11-31(37)23-26-44(47)48)46-40-17-9-7-15-38(40)45(39-16-8-10-18-41(39)46)32-21-19-30(20-22-32)36-27-33-12-3-4-13-34(33)28-36;1-48(2)44-26-24-35(29-43(44)42-25-23-31-11-5-6-14-37(31)47(42)48)46-40-17-9-7-15-38(40)45(39-16-8-10-18-41(39)46)32-21-19-30(20-22-32)36-27-33-12-3-4-13-34(33)28-36/h2*3-29,33H,1-2H3. The maximum atomic E-state index is 2.48. The Balaban J connectivity index is 0.000000135. The maximum absolute atomic E-state index is 2.48. The zero-order chi connectivity index (χ0) is 64.0. The topological polar surface area (TPSA) is 0 Å². The summed E-state index contributed by atoms with van der Waals surface area (Å²) in [5, 5.41) is 15.6. The van der Waals surface area contributed by atoms with Crippen molar-refractivity contribution in [3.05, 3.63) is 372 Å². The molecule has 0 nitrogen and oxygen atoms in total. The van der Waals surface area contributed by atoms with Gasteiger partial charge in [0.2, 0.25) is 0 Å². The summed E-state index contributed by atoms with van der Waals surface area (Å²) in [4.78, 5) is 0. The molecule has 6 aliphatic rings. The second kappa shape index (κ2) is 21.6. The molecule has 2 unspecified atom stereocenters. The van der Waals surface area contributed by atoms with Gasteiger partial charge in [0.15, 0.2) is 0 Å². The quantitative estimate of drug-likeness (QED) is 0.146. The molecule has 0 N–H and O–H groups in total. The van der Waals surface area contributed by atoms with Crippen LogP contribution in [0.1, 0.15) is 61.1 Å². The number of hydrogen-bond donors (Lipinski definition) is 0. The first-order valence-corrected chi connectivity index (χ1v) is 34.1. The number of hydrogen-bond acceptors (Lipinski definition) is 0. The molecule has 0 heteroatoms. The molecular weight excluding hydrogens is 1150 g/mol. The molecular formula is C96H68. The molecule has 0 saturated carbocycles. The molecule has 6 aliphatic carbocycles. The summed E-state index contributed by atoms with van der Waals surface area (Å²) < 4.78 is 0. The summed E-state index contributed by atoms with van der Waals surface area (Å²) in [6, 6.07) is 95.8. The van der Waals surface area contributed by atoms with Gasteiger partial charge in [-0.2, -0.15) is 0 Å². The Morgan fingerprint density at radius 2 is 0.615 bits per heavy atom. The first-order valence-electron chi connectivity index (χ1n) is 34.1. The van der Waals surface area contributed by atoms with Gasteiger partial charge in [-0.3, -0.25) is 0 Å². The van der Waals surface area contributed by atoms with E-state index in [1.807, 2.05) is 0 Å². The monoisotopic (exact) mass is 1220 g/mol. The highest BCUT2D eigenvalue weighted by Gasteiger charge is 2.39. The molecule has 96 heavy (non-hydrogen) atoms. The Labute approximate surface area is 561 Å². The average molecular weight is 1220 g/mol. The molecule has 0 heterocycles. The highest BCUT2D eigenvalue weighted by atomic mass is 14.4. The molecule has 14 aromatic rings. The Bertz CT molecular complexity index is 5860. The lowest BCUT2D eigenvalue weighted by Crippen LogP contribution is -2.15. The molecule has 0 radical (unpaired) electrons. The van der Waals surface area contributed by atoms with Crippen molar-refractivity contribution >= 4 is 75.8 Å². The molecule has 0 saturated heterocycles. The van der Waals surface area contributed by atoms with Gasteiger partial charge in [-0.05, 0) is 199 Å². The SMILES string of the molecule is CC1(C)c2ccc(-c3c4ccccc4c(-c4ccc(C5=CC6C=CC=CC6=C5)cc4)c4ccccc34)cc2-c2c1ccc1ccccc21.CC1(C)c2ccc(-c3c4ccccc4c(-c4ccc(C5=CC6C=CC=CC6=C5)cc4)c4ccccc34)cc2-c2ccc3ccccc3c21. The number of rotatable bonds is 6. The van der Waals surface area contributed by atoms with Crippen molar-refractivity contribution in [2.75, 3.05) is 0 Å². The van der Waals surface area contributed by atoms with Crippen LogP contribution in [0.4, 0.5) is 0 Å².